The van der Waals surface area contributed by atoms with Gasteiger partial charge in [0.15, 0.2) is 0 Å². The van der Waals surface area contributed by atoms with Crippen LogP contribution in [-0.2, 0) is 11.0 Å². The van der Waals surface area contributed by atoms with Crippen LogP contribution in [0.3, 0.4) is 0 Å². The third kappa shape index (κ3) is 3.48. The van der Waals surface area contributed by atoms with Gasteiger partial charge in [0.2, 0.25) is 5.91 Å². The van der Waals surface area contributed by atoms with Crippen molar-refractivity contribution < 1.29 is 18.0 Å². The van der Waals surface area contributed by atoms with Gasteiger partial charge in [0.1, 0.15) is 5.82 Å². The van der Waals surface area contributed by atoms with E-state index in [1.807, 2.05) is 0 Å². The first kappa shape index (κ1) is 15.8. The lowest BCUT2D eigenvalue weighted by Crippen LogP contribution is -2.36. The molecule has 1 heterocycles. The minimum absolute atomic E-state index is 0.0601. The average molecular weight is 325 g/mol. The zero-order valence-corrected chi connectivity index (χ0v) is 12.7. The summed E-state index contributed by atoms with van der Waals surface area (Å²) in [7, 11) is 0. The van der Waals surface area contributed by atoms with E-state index >= 15 is 0 Å². The molecule has 1 aromatic heterocycles. The first-order chi connectivity index (χ1) is 10.8. The third-order valence-electron chi connectivity index (χ3n) is 4.30. The number of aromatic nitrogens is 2. The van der Waals surface area contributed by atoms with E-state index in [4.69, 9.17) is 0 Å². The van der Waals surface area contributed by atoms with Gasteiger partial charge in [0, 0.05) is 18.9 Å². The van der Waals surface area contributed by atoms with Crippen molar-refractivity contribution in [2.45, 2.75) is 50.7 Å². The summed E-state index contributed by atoms with van der Waals surface area (Å²) in [5.74, 6) is 0.770. The molecular weight excluding hydrogens is 307 g/mol. The Bertz CT molecular complexity index is 723. The molecule has 2 N–H and O–H groups in total. The van der Waals surface area contributed by atoms with E-state index in [2.05, 4.69) is 15.3 Å². The van der Waals surface area contributed by atoms with Crippen molar-refractivity contribution in [3.05, 3.63) is 29.6 Å². The molecule has 2 atom stereocenters. The predicted octanol–water partition coefficient (Wildman–Crippen LogP) is 3.74. The van der Waals surface area contributed by atoms with Crippen molar-refractivity contribution in [2.24, 2.45) is 0 Å². The number of hydrogen-bond donors (Lipinski definition) is 2. The summed E-state index contributed by atoms with van der Waals surface area (Å²) < 4.78 is 38.3. The second-order valence-electron chi connectivity index (χ2n) is 6.11. The number of nitrogens with one attached hydrogen (secondary N) is 2. The van der Waals surface area contributed by atoms with Crippen LogP contribution in [0.2, 0.25) is 0 Å². The number of nitrogens with zero attached hydrogens (tertiary/aromatic N) is 1. The highest BCUT2D eigenvalue weighted by atomic mass is 19.4. The molecule has 2 aromatic rings. The highest BCUT2D eigenvalue weighted by Crippen LogP contribution is 2.34. The summed E-state index contributed by atoms with van der Waals surface area (Å²) in [6, 6.07) is 3.64. The number of aromatic amines is 1. The standard InChI is InChI=1S/C16H18F3N3O/c1-9(23)20-12-4-2-3-10(7-12)15-21-13-6-5-11(16(17,18)19)8-14(13)22-15/h5-6,8,10,12H,2-4,7H2,1H3,(H,20,23)(H,21,22). The molecule has 1 aliphatic carbocycles. The van der Waals surface area contributed by atoms with Crippen LogP contribution in [0, 0.1) is 0 Å². The zero-order chi connectivity index (χ0) is 16.6. The van der Waals surface area contributed by atoms with E-state index in [0.717, 1.165) is 37.8 Å². The number of rotatable bonds is 2. The van der Waals surface area contributed by atoms with E-state index in [1.165, 1.54) is 13.0 Å². The molecule has 0 spiro atoms. The SMILES string of the molecule is CC(=O)NC1CCCC(c2nc3ccc(C(F)(F)F)cc3[nH]2)C1. The van der Waals surface area contributed by atoms with Gasteiger partial charge >= 0.3 is 6.18 Å². The number of carbonyl (C=O) groups excluding carboxylic acids is 1. The number of imidazole rings is 1. The summed E-state index contributed by atoms with van der Waals surface area (Å²) in [6.07, 6.45) is -0.802. The van der Waals surface area contributed by atoms with Crippen molar-refractivity contribution in [2.75, 3.05) is 0 Å². The first-order valence-corrected chi connectivity index (χ1v) is 7.67. The van der Waals surface area contributed by atoms with E-state index < -0.39 is 11.7 Å². The Labute approximate surface area is 131 Å². The van der Waals surface area contributed by atoms with Gasteiger partial charge in [0.25, 0.3) is 0 Å². The van der Waals surface area contributed by atoms with Gasteiger partial charge in [-0.25, -0.2) is 4.98 Å². The van der Waals surface area contributed by atoms with E-state index in [-0.39, 0.29) is 17.9 Å². The van der Waals surface area contributed by atoms with Gasteiger partial charge in [-0.05, 0) is 37.5 Å². The molecule has 0 aliphatic heterocycles. The number of H-pyrrole nitrogens is 1. The normalized spacial score (nSPS) is 22.3. The fourth-order valence-electron chi connectivity index (χ4n) is 3.26. The lowest BCUT2D eigenvalue weighted by molar-refractivity contribution is -0.137. The van der Waals surface area contributed by atoms with Crippen LogP contribution in [0.4, 0.5) is 13.2 Å². The molecule has 1 amide bonds. The summed E-state index contributed by atoms with van der Waals surface area (Å²) in [5.41, 5.74) is 0.256. The Morgan fingerprint density at radius 3 is 2.83 bits per heavy atom. The Kier molecular flexibility index (Phi) is 4.04. The number of carbonyl (C=O) groups is 1. The fraction of sp³-hybridized carbons (Fsp3) is 0.500. The van der Waals surface area contributed by atoms with Crippen LogP contribution in [0.1, 0.15) is 49.9 Å². The minimum Gasteiger partial charge on any atom is -0.354 e. The van der Waals surface area contributed by atoms with E-state index in [1.54, 1.807) is 0 Å². The smallest absolute Gasteiger partial charge is 0.354 e. The van der Waals surface area contributed by atoms with Gasteiger partial charge in [-0.2, -0.15) is 13.2 Å². The number of benzene rings is 1. The lowest BCUT2D eigenvalue weighted by Gasteiger charge is -2.28. The maximum atomic E-state index is 12.8. The highest BCUT2D eigenvalue weighted by molar-refractivity contribution is 5.76. The monoisotopic (exact) mass is 325 g/mol. The summed E-state index contributed by atoms with van der Waals surface area (Å²) in [6.45, 7) is 1.49. The van der Waals surface area contributed by atoms with Gasteiger partial charge in [-0.15, -0.1) is 0 Å². The second-order valence-corrected chi connectivity index (χ2v) is 6.11. The van der Waals surface area contributed by atoms with Crippen molar-refractivity contribution in [3.63, 3.8) is 0 Å². The molecule has 4 nitrogen and oxygen atoms in total. The van der Waals surface area contributed by atoms with Crippen LogP contribution in [0.25, 0.3) is 11.0 Å². The van der Waals surface area contributed by atoms with Crippen LogP contribution in [0.5, 0.6) is 0 Å². The summed E-state index contributed by atoms with van der Waals surface area (Å²) >= 11 is 0. The summed E-state index contributed by atoms with van der Waals surface area (Å²) in [5, 5.41) is 2.91. The van der Waals surface area contributed by atoms with Gasteiger partial charge < -0.3 is 10.3 Å². The van der Waals surface area contributed by atoms with Gasteiger partial charge in [-0.1, -0.05) is 6.42 Å². The number of amides is 1. The van der Waals surface area contributed by atoms with Crippen molar-refractivity contribution in [1.82, 2.24) is 15.3 Å². The molecule has 0 radical (unpaired) electrons. The zero-order valence-electron chi connectivity index (χ0n) is 12.7. The minimum atomic E-state index is -4.36. The van der Waals surface area contributed by atoms with Crippen LogP contribution in [-0.4, -0.2) is 21.9 Å². The molecule has 0 saturated heterocycles. The Hall–Kier alpha value is -2.05. The average Bonchev–Trinajstić information content (AvgIpc) is 2.89. The Morgan fingerprint density at radius 1 is 1.35 bits per heavy atom. The van der Waals surface area contributed by atoms with Gasteiger partial charge in [-0.3, -0.25) is 4.79 Å². The number of fused-ring (bicyclic) bond motifs is 1. The summed E-state index contributed by atoms with van der Waals surface area (Å²) in [4.78, 5) is 18.7. The molecular formula is C16H18F3N3O. The molecule has 124 valence electrons. The topological polar surface area (TPSA) is 57.8 Å². The number of alkyl halides is 3. The lowest BCUT2D eigenvalue weighted by atomic mass is 9.85. The predicted molar refractivity (Wildman–Crippen MR) is 79.9 cm³/mol. The van der Waals surface area contributed by atoms with Crippen LogP contribution in [0.15, 0.2) is 18.2 Å². The molecule has 1 fully saturated rings. The fourth-order valence-corrected chi connectivity index (χ4v) is 3.26. The second kappa shape index (κ2) is 5.86. The van der Waals surface area contributed by atoms with Gasteiger partial charge in [0.05, 0.1) is 16.6 Å². The van der Waals surface area contributed by atoms with E-state index in [0.29, 0.717) is 16.9 Å². The molecule has 23 heavy (non-hydrogen) atoms. The first-order valence-electron chi connectivity index (χ1n) is 7.67. The van der Waals surface area contributed by atoms with Crippen molar-refractivity contribution in [1.29, 1.82) is 0 Å². The van der Waals surface area contributed by atoms with Crippen LogP contribution < -0.4 is 5.32 Å². The van der Waals surface area contributed by atoms with Crippen molar-refractivity contribution >= 4 is 16.9 Å². The third-order valence-corrected chi connectivity index (χ3v) is 4.30. The Balaban J connectivity index is 1.84. The Morgan fingerprint density at radius 2 is 2.13 bits per heavy atom. The van der Waals surface area contributed by atoms with E-state index in [9.17, 15) is 18.0 Å². The molecule has 1 aliphatic rings. The quantitative estimate of drug-likeness (QED) is 0.883. The maximum Gasteiger partial charge on any atom is 0.416 e. The molecule has 7 heteroatoms. The van der Waals surface area contributed by atoms with Crippen LogP contribution >= 0.6 is 0 Å². The highest BCUT2D eigenvalue weighted by Gasteiger charge is 2.31. The number of hydrogen-bond acceptors (Lipinski definition) is 2. The molecule has 1 saturated carbocycles. The molecule has 1 aromatic carbocycles. The maximum absolute atomic E-state index is 12.8. The molecule has 0 bridgehead atoms. The van der Waals surface area contributed by atoms with Crippen molar-refractivity contribution in [3.8, 4) is 0 Å². The number of halogens is 3. The largest absolute Gasteiger partial charge is 0.416 e. The molecule has 2 unspecified atom stereocenters. The molecule has 3 rings (SSSR count).